The highest BCUT2D eigenvalue weighted by atomic mass is 79.9. The molecule has 5 heteroatoms. The molecule has 0 bridgehead atoms. The van der Waals surface area contributed by atoms with Crippen LogP contribution in [0.3, 0.4) is 0 Å². The summed E-state index contributed by atoms with van der Waals surface area (Å²) in [6.45, 7) is 7.33. The largest absolute Gasteiger partial charge is 0.478 e. The summed E-state index contributed by atoms with van der Waals surface area (Å²) >= 11 is 13.2. The van der Waals surface area contributed by atoms with Gasteiger partial charge in [-0.2, -0.15) is 0 Å². The lowest BCUT2D eigenvalue weighted by Gasteiger charge is -2.17. The van der Waals surface area contributed by atoms with E-state index in [0.29, 0.717) is 0 Å². The van der Waals surface area contributed by atoms with Crippen LogP contribution in [0.25, 0.3) is 5.03 Å². The quantitative estimate of drug-likeness (QED) is 0.699. The zero-order valence-corrected chi connectivity index (χ0v) is 14.4. The molecule has 0 aliphatic carbocycles. The average Bonchev–Trinajstić information content (AvgIpc) is 2.32. The van der Waals surface area contributed by atoms with Gasteiger partial charge >= 0.3 is 5.97 Å². The van der Waals surface area contributed by atoms with Gasteiger partial charge in [0.1, 0.15) is 0 Å². The number of hydrogen-bond acceptors (Lipinski definition) is 1. The Morgan fingerprint density at radius 1 is 1.06 bits per heavy atom. The van der Waals surface area contributed by atoms with Crippen LogP contribution in [0.2, 0.25) is 0 Å². The van der Waals surface area contributed by atoms with E-state index in [9.17, 15) is 4.79 Å². The number of rotatable bonds is 2. The molecule has 0 radical (unpaired) electrons. The normalized spacial score (nSPS) is 12.4. The van der Waals surface area contributed by atoms with Crippen molar-refractivity contribution in [2.24, 2.45) is 0 Å². The van der Waals surface area contributed by atoms with Gasteiger partial charge in [-0.1, -0.05) is 43.5 Å². The van der Waals surface area contributed by atoms with E-state index < -0.39 is 5.97 Å². The van der Waals surface area contributed by atoms with Gasteiger partial charge < -0.3 is 5.11 Å². The van der Waals surface area contributed by atoms with E-state index in [2.05, 4.69) is 31.9 Å². The average molecular weight is 397 g/mol. The Labute approximate surface area is 128 Å². The second-order valence-corrected chi connectivity index (χ2v) is 6.09. The van der Waals surface area contributed by atoms with Crippen LogP contribution in [-0.4, -0.2) is 11.1 Å². The molecule has 1 aromatic carbocycles. The van der Waals surface area contributed by atoms with Crippen molar-refractivity contribution in [1.82, 2.24) is 0 Å². The number of benzene rings is 1. The van der Waals surface area contributed by atoms with E-state index in [0.717, 1.165) is 31.2 Å². The van der Waals surface area contributed by atoms with Crippen LogP contribution in [0.4, 0.5) is 0 Å². The van der Waals surface area contributed by atoms with Crippen molar-refractivity contribution in [2.75, 3.05) is 0 Å². The monoisotopic (exact) mass is 394 g/mol. The predicted molar refractivity (Wildman–Crippen MR) is 82.1 cm³/mol. The summed E-state index contributed by atoms with van der Waals surface area (Å²) in [7, 11) is 0. The maximum atomic E-state index is 11.0. The summed E-state index contributed by atoms with van der Waals surface area (Å²) in [5.74, 6) is -1.01. The van der Waals surface area contributed by atoms with Crippen molar-refractivity contribution in [3.8, 4) is 0 Å². The Morgan fingerprint density at radius 2 is 1.44 bits per heavy atom. The van der Waals surface area contributed by atoms with Crippen LogP contribution in [-0.2, 0) is 4.79 Å². The second kappa shape index (κ2) is 5.76. The summed E-state index contributed by atoms with van der Waals surface area (Å²) in [5, 5.41) is 9.30. The first-order valence-electron chi connectivity index (χ1n) is 5.24. The Balaban J connectivity index is 3.73. The van der Waals surface area contributed by atoms with Crippen molar-refractivity contribution in [2.45, 2.75) is 27.7 Å². The summed E-state index contributed by atoms with van der Waals surface area (Å²) < 4.78 is 1.87. The molecule has 0 saturated heterocycles. The molecule has 1 rings (SSSR count). The fourth-order valence-corrected chi connectivity index (χ4v) is 3.19. The van der Waals surface area contributed by atoms with Gasteiger partial charge in [0.2, 0.25) is 0 Å². The Bertz CT molecular complexity index is 534. The van der Waals surface area contributed by atoms with Gasteiger partial charge in [-0.05, 0) is 44.4 Å². The van der Waals surface area contributed by atoms with Crippen molar-refractivity contribution in [1.29, 1.82) is 0 Å². The fraction of sp³-hybridized carbons (Fsp3) is 0.308. The number of hydrogen-bond donors (Lipinski definition) is 1. The molecule has 0 aliphatic rings. The lowest BCUT2D eigenvalue weighted by atomic mass is 9.97. The number of halogens is 3. The van der Waals surface area contributed by atoms with Gasteiger partial charge in [0.05, 0.1) is 10.6 Å². The molecule has 0 fully saturated rings. The SMILES string of the molecule is C/C(C(=O)O)=C(\Cl)c1c(C)c(Br)c(C)c(Br)c1C. The van der Waals surface area contributed by atoms with Crippen LogP contribution in [0.1, 0.15) is 29.2 Å². The highest BCUT2D eigenvalue weighted by molar-refractivity contribution is 9.11. The Morgan fingerprint density at radius 3 is 1.78 bits per heavy atom. The third kappa shape index (κ3) is 2.65. The van der Waals surface area contributed by atoms with Crippen molar-refractivity contribution in [3.05, 3.63) is 36.8 Å². The zero-order chi connectivity index (χ0) is 14.2. The molecule has 0 unspecified atom stereocenters. The first kappa shape index (κ1) is 15.7. The standard InChI is InChI=1S/C13H13Br2ClO2/c1-5-9(12(16)8(4)13(17)18)6(2)11(15)7(3)10(5)14/h1-4H3,(H,17,18)/b12-8+. The van der Waals surface area contributed by atoms with E-state index >= 15 is 0 Å². The molecular weight excluding hydrogens is 383 g/mol. The van der Waals surface area contributed by atoms with Gasteiger partial charge in [0.15, 0.2) is 0 Å². The van der Waals surface area contributed by atoms with Crippen molar-refractivity contribution >= 4 is 54.5 Å². The van der Waals surface area contributed by atoms with Gasteiger partial charge in [-0.25, -0.2) is 4.79 Å². The van der Waals surface area contributed by atoms with Gasteiger partial charge in [0, 0.05) is 14.5 Å². The van der Waals surface area contributed by atoms with Crippen molar-refractivity contribution < 1.29 is 9.90 Å². The topological polar surface area (TPSA) is 37.3 Å². The molecule has 0 spiro atoms. The summed E-state index contributed by atoms with van der Waals surface area (Å²) in [6.07, 6.45) is 0. The lowest BCUT2D eigenvalue weighted by molar-refractivity contribution is -0.132. The van der Waals surface area contributed by atoms with E-state index in [4.69, 9.17) is 16.7 Å². The molecule has 0 aromatic heterocycles. The van der Waals surface area contributed by atoms with E-state index in [1.54, 1.807) is 0 Å². The van der Waals surface area contributed by atoms with Crippen LogP contribution < -0.4 is 0 Å². The molecule has 0 amide bonds. The van der Waals surface area contributed by atoms with Gasteiger partial charge in [0.25, 0.3) is 0 Å². The number of carboxylic acid groups (broad SMARTS) is 1. The molecule has 1 aromatic rings. The van der Waals surface area contributed by atoms with Crippen molar-refractivity contribution in [3.63, 3.8) is 0 Å². The lowest BCUT2D eigenvalue weighted by Crippen LogP contribution is -2.02. The van der Waals surface area contributed by atoms with Crippen LogP contribution >= 0.6 is 43.5 Å². The summed E-state index contributed by atoms with van der Waals surface area (Å²) in [4.78, 5) is 11.0. The van der Waals surface area contributed by atoms with Crippen LogP contribution in [0.5, 0.6) is 0 Å². The predicted octanol–water partition coefficient (Wildman–Crippen LogP) is 5.19. The fourth-order valence-electron chi connectivity index (χ4n) is 1.77. The minimum Gasteiger partial charge on any atom is -0.478 e. The highest BCUT2D eigenvalue weighted by Crippen LogP contribution is 2.39. The third-order valence-corrected chi connectivity index (χ3v) is 5.79. The minimum absolute atomic E-state index is 0.144. The Hall–Kier alpha value is -0.320. The molecular formula is C13H13Br2ClO2. The molecule has 2 nitrogen and oxygen atoms in total. The van der Waals surface area contributed by atoms with E-state index in [1.807, 2.05) is 20.8 Å². The molecule has 0 aliphatic heterocycles. The smallest absolute Gasteiger partial charge is 0.332 e. The second-order valence-electron chi connectivity index (χ2n) is 4.12. The maximum Gasteiger partial charge on any atom is 0.332 e. The first-order chi connectivity index (χ1) is 8.20. The van der Waals surface area contributed by atoms with Gasteiger partial charge in [-0.15, -0.1) is 0 Å². The molecule has 18 heavy (non-hydrogen) atoms. The van der Waals surface area contributed by atoms with Gasteiger partial charge in [-0.3, -0.25) is 0 Å². The summed E-state index contributed by atoms with van der Waals surface area (Å²) in [5.41, 5.74) is 3.87. The summed E-state index contributed by atoms with van der Waals surface area (Å²) in [6, 6.07) is 0. The number of aliphatic carboxylic acids is 1. The molecule has 0 saturated carbocycles. The highest BCUT2D eigenvalue weighted by Gasteiger charge is 2.19. The van der Waals surface area contributed by atoms with Crippen LogP contribution in [0, 0.1) is 20.8 Å². The minimum atomic E-state index is -1.01. The zero-order valence-electron chi connectivity index (χ0n) is 10.5. The Kier molecular flexibility index (Phi) is 5.04. The van der Waals surface area contributed by atoms with E-state index in [1.165, 1.54) is 6.92 Å². The molecule has 98 valence electrons. The maximum absolute atomic E-state index is 11.0. The number of carbonyl (C=O) groups is 1. The molecule has 0 atom stereocenters. The first-order valence-corrected chi connectivity index (χ1v) is 7.21. The molecule has 1 N–H and O–H groups in total. The number of carboxylic acids is 1. The molecule has 0 heterocycles. The van der Waals surface area contributed by atoms with E-state index in [-0.39, 0.29) is 10.6 Å². The van der Waals surface area contributed by atoms with Crippen LogP contribution in [0.15, 0.2) is 14.5 Å². The third-order valence-electron chi connectivity index (χ3n) is 2.94.